The van der Waals surface area contributed by atoms with Crippen LogP contribution in [0.3, 0.4) is 0 Å². The second-order valence-electron chi connectivity index (χ2n) is 11.3. The highest BCUT2D eigenvalue weighted by atomic mass is 35.5. The van der Waals surface area contributed by atoms with E-state index in [1.54, 1.807) is 0 Å². The lowest BCUT2D eigenvalue weighted by molar-refractivity contribution is -0.192. The molecule has 0 aromatic heterocycles. The molecule has 0 aromatic carbocycles. The smallest absolute Gasteiger partial charge is 0.323 e. The van der Waals surface area contributed by atoms with Gasteiger partial charge in [0.05, 0.1) is 23.2 Å². The number of hydrogen-bond donors (Lipinski definition) is 2. The summed E-state index contributed by atoms with van der Waals surface area (Å²) in [4.78, 5) is 17.5. The lowest BCUT2D eigenvalue weighted by Crippen LogP contribution is -2.70. The Kier molecular flexibility index (Phi) is 7.94. The molecule has 4 heterocycles. The van der Waals surface area contributed by atoms with Gasteiger partial charge >= 0.3 is 12.2 Å². The van der Waals surface area contributed by atoms with Gasteiger partial charge in [-0.15, -0.1) is 11.6 Å². The molecule has 9 nitrogen and oxygen atoms in total. The van der Waals surface area contributed by atoms with Gasteiger partial charge < -0.3 is 9.80 Å². The van der Waals surface area contributed by atoms with Crippen LogP contribution >= 0.6 is 11.6 Å². The number of rotatable bonds is 3. The summed E-state index contributed by atoms with van der Waals surface area (Å²) in [6.45, 7) is 1.67. The van der Waals surface area contributed by atoms with E-state index in [-0.39, 0.29) is 42.3 Å². The van der Waals surface area contributed by atoms with E-state index >= 15 is 0 Å². The first-order valence-electron chi connectivity index (χ1n) is 13.4. The van der Waals surface area contributed by atoms with Gasteiger partial charge in [0, 0.05) is 51.2 Å². The minimum atomic E-state index is -4.55. The lowest BCUT2D eigenvalue weighted by atomic mass is 9.78. The molecule has 1 aliphatic carbocycles. The number of piperidine rings is 1. The number of nitrogens with zero attached hydrogens (tertiary/aromatic N) is 4. The Balaban J connectivity index is 1.22. The van der Waals surface area contributed by atoms with E-state index in [0.29, 0.717) is 37.8 Å². The second-order valence-corrected chi connectivity index (χ2v) is 14.1. The molecule has 4 aliphatic heterocycles. The minimum absolute atomic E-state index is 0.0639. The van der Waals surface area contributed by atoms with Crippen LogP contribution in [-0.4, -0.2) is 121 Å². The van der Waals surface area contributed by atoms with Crippen molar-refractivity contribution in [2.45, 2.75) is 87.0 Å². The van der Waals surface area contributed by atoms with Gasteiger partial charge in [-0.05, 0) is 51.0 Å². The van der Waals surface area contributed by atoms with E-state index < -0.39 is 34.0 Å². The van der Waals surface area contributed by atoms with Crippen LogP contribution < -0.4 is 10.7 Å². The Labute approximate surface area is 221 Å². The largest absolute Gasteiger partial charge is 0.409 e. The van der Waals surface area contributed by atoms with E-state index in [0.717, 1.165) is 37.3 Å². The van der Waals surface area contributed by atoms with E-state index in [4.69, 9.17) is 11.6 Å². The van der Waals surface area contributed by atoms with Crippen LogP contribution in [0.5, 0.6) is 0 Å². The molecule has 2 N–H and O–H groups in total. The zero-order valence-corrected chi connectivity index (χ0v) is 22.7. The Morgan fingerprint density at radius 1 is 1.05 bits per heavy atom. The number of carbonyl (C=O) groups is 1. The van der Waals surface area contributed by atoms with Crippen molar-refractivity contribution < 1.29 is 26.4 Å². The molecule has 4 saturated heterocycles. The first kappa shape index (κ1) is 27.7. The van der Waals surface area contributed by atoms with E-state index in [1.165, 1.54) is 11.9 Å². The first-order chi connectivity index (χ1) is 17.4. The zero-order valence-electron chi connectivity index (χ0n) is 21.2. The van der Waals surface area contributed by atoms with Crippen molar-refractivity contribution in [1.82, 2.24) is 30.5 Å². The fraction of sp³-hybridized carbons (Fsp3) is 0.957. The highest BCUT2D eigenvalue weighted by molar-refractivity contribution is 7.91. The standard InChI is InChI=1S/C23H38ClF3N6O3S/c1-30(22(34)31-9-11-37(35,36)12-10-31)21(23(25,26)27)15-4-6-16(7-5-15)32-8-2-3-17-18(32)14-28-20-13-19(24)29-33(17)20/h15-21,28-29H,2-14H2,1H3/t15?,16?,17?,18?,19?,20?,21-/m0/s1. The lowest BCUT2D eigenvalue weighted by Gasteiger charge is -2.53. The molecule has 0 aromatic rings. The van der Waals surface area contributed by atoms with Crippen molar-refractivity contribution in [3.63, 3.8) is 0 Å². The van der Waals surface area contributed by atoms with Crippen LogP contribution in [0.2, 0.25) is 0 Å². The molecule has 14 heteroatoms. The Morgan fingerprint density at radius 2 is 1.73 bits per heavy atom. The van der Waals surface area contributed by atoms with E-state index in [2.05, 4.69) is 20.7 Å². The fourth-order valence-corrected chi connectivity index (χ4v) is 8.75. The average Bonchev–Trinajstić information content (AvgIpc) is 3.24. The number of sulfone groups is 1. The van der Waals surface area contributed by atoms with Crippen molar-refractivity contribution in [1.29, 1.82) is 0 Å². The summed E-state index contributed by atoms with van der Waals surface area (Å²) in [6.07, 6.45) is 0.765. The fourth-order valence-electron chi connectivity index (χ4n) is 7.27. The molecule has 2 amide bonds. The summed E-state index contributed by atoms with van der Waals surface area (Å²) in [5.74, 6) is -1.09. The summed E-state index contributed by atoms with van der Waals surface area (Å²) in [5.41, 5.74) is 3.29. The predicted molar refractivity (Wildman–Crippen MR) is 134 cm³/mol. The van der Waals surface area contributed by atoms with Gasteiger partial charge in [-0.3, -0.25) is 10.2 Å². The summed E-state index contributed by atoms with van der Waals surface area (Å²) < 4.78 is 66.2. The number of hydrogen-bond acceptors (Lipinski definition) is 7. The molecule has 5 aliphatic rings. The maximum absolute atomic E-state index is 14.3. The third-order valence-corrected chi connectivity index (χ3v) is 11.0. The highest BCUT2D eigenvalue weighted by Gasteiger charge is 2.52. The second kappa shape index (κ2) is 10.6. The molecule has 4 unspecified atom stereocenters. The minimum Gasteiger partial charge on any atom is -0.323 e. The number of urea groups is 1. The van der Waals surface area contributed by atoms with Crippen LogP contribution in [0.4, 0.5) is 18.0 Å². The molecule has 0 radical (unpaired) electrons. The number of halogens is 4. The Bertz CT molecular complexity index is 937. The van der Waals surface area contributed by atoms with Gasteiger partial charge in [0.25, 0.3) is 0 Å². The topological polar surface area (TPSA) is 88.2 Å². The zero-order chi connectivity index (χ0) is 26.5. The maximum atomic E-state index is 14.3. The van der Waals surface area contributed by atoms with Gasteiger partial charge in [0.2, 0.25) is 0 Å². The van der Waals surface area contributed by atoms with Crippen LogP contribution in [0.25, 0.3) is 0 Å². The number of fused-ring (bicyclic) bond motifs is 3. The van der Waals surface area contributed by atoms with Gasteiger partial charge in [-0.25, -0.2) is 23.6 Å². The first-order valence-corrected chi connectivity index (χ1v) is 15.7. The summed E-state index contributed by atoms with van der Waals surface area (Å²) >= 11 is 6.34. The van der Waals surface area contributed by atoms with Crippen molar-refractivity contribution in [3.8, 4) is 0 Å². The number of nitrogens with one attached hydrogen (secondary N) is 2. The molecule has 0 spiro atoms. The maximum Gasteiger partial charge on any atom is 0.409 e. The normalized spacial score (nSPS) is 38.0. The predicted octanol–water partition coefficient (Wildman–Crippen LogP) is 1.80. The van der Waals surface area contributed by atoms with Gasteiger partial charge in [-0.2, -0.15) is 13.2 Å². The van der Waals surface area contributed by atoms with E-state index in [1.807, 2.05) is 0 Å². The molecule has 5 fully saturated rings. The van der Waals surface area contributed by atoms with Crippen LogP contribution in [0.1, 0.15) is 44.9 Å². The molecule has 1 saturated carbocycles. The van der Waals surface area contributed by atoms with Crippen LogP contribution in [0, 0.1) is 5.92 Å². The number of hydrazine groups is 1. The van der Waals surface area contributed by atoms with Crippen molar-refractivity contribution >= 4 is 27.5 Å². The van der Waals surface area contributed by atoms with Crippen molar-refractivity contribution in [2.75, 3.05) is 44.7 Å². The van der Waals surface area contributed by atoms with Gasteiger partial charge in [0.1, 0.15) is 6.04 Å². The Morgan fingerprint density at radius 3 is 2.38 bits per heavy atom. The highest BCUT2D eigenvalue weighted by Crippen LogP contribution is 2.41. The average molecular weight is 571 g/mol. The number of amides is 2. The quantitative estimate of drug-likeness (QED) is 0.395. The molecule has 5 atom stereocenters. The monoisotopic (exact) mass is 570 g/mol. The molecule has 212 valence electrons. The van der Waals surface area contributed by atoms with Crippen LogP contribution in [0.15, 0.2) is 0 Å². The third-order valence-electron chi connectivity index (χ3n) is 9.09. The van der Waals surface area contributed by atoms with Crippen LogP contribution in [-0.2, 0) is 9.84 Å². The molecular weight excluding hydrogens is 533 g/mol. The molecule has 0 bridgehead atoms. The van der Waals surface area contributed by atoms with Gasteiger partial charge in [-0.1, -0.05) is 0 Å². The number of alkyl halides is 4. The summed E-state index contributed by atoms with van der Waals surface area (Å²) in [6, 6.07) is -1.77. The summed E-state index contributed by atoms with van der Waals surface area (Å²) in [7, 11) is -2.02. The SMILES string of the molecule is CN(C(=O)N1CCS(=O)(=O)CC1)[C@@H](C1CCC(N2CCCC3C2CNC2CC(Cl)NN23)CC1)C(F)(F)F. The molecule has 5 rings (SSSR count). The van der Waals surface area contributed by atoms with E-state index in [9.17, 15) is 26.4 Å². The molecule has 37 heavy (non-hydrogen) atoms. The molecular formula is C23H38ClF3N6O3S. The van der Waals surface area contributed by atoms with Crippen molar-refractivity contribution in [3.05, 3.63) is 0 Å². The third kappa shape index (κ3) is 5.72. The van der Waals surface area contributed by atoms with Gasteiger partial charge in [0.15, 0.2) is 9.84 Å². The number of likely N-dealkylation sites (tertiary alicyclic amines) is 1. The summed E-state index contributed by atoms with van der Waals surface area (Å²) in [5, 5.41) is 5.85. The number of carbonyl (C=O) groups excluding carboxylic acids is 1. The van der Waals surface area contributed by atoms with Crippen molar-refractivity contribution in [2.24, 2.45) is 5.92 Å². The Hall–Kier alpha value is -0.860.